The van der Waals surface area contributed by atoms with Crippen LogP contribution in [-0.2, 0) is 9.53 Å². The van der Waals surface area contributed by atoms with Crippen molar-refractivity contribution in [1.29, 1.82) is 0 Å². The Labute approximate surface area is 119 Å². The Morgan fingerprint density at radius 3 is 2.32 bits per heavy atom. The fourth-order valence-electron chi connectivity index (χ4n) is 2.01. The van der Waals surface area contributed by atoms with E-state index in [1.54, 1.807) is 0 Å². The number of unbranched alkanes of at least 4 members (excludes halogenated alkanes) is 6. The van der Waals surface area contributed by atoms with Crippen LogP contribution < -0.4 is 0 Å². The van der Waals surface area contributed by atoms with Gasteiger partial charge in [0.25, 0.3) is 0 Å². The standard InChI is InChI=1S/C17H32O2/c1-4-5-6-7-8-9-10-11-14-17(18)19-15-12-13-16(2)3/h4,16H,1,5-15H2,2-3H3. The van der Waals surface area contributed by atoms with Crippen molar-refractivity contribution < 1.29 is 9.53 Å². The molecule has 0 unspecified atom stereocenters. The number of hydrogen-bond donors (Lipinski definition) is 0. The average molecular weight is 268 g/mol. The van der Waals surface area contributed by atoms with E-state index in [4.69, 9.17) is 4.74 Å². The molecule has 0 amide bonds. The van der Waals surface area contributed by atoms with Gasteiger partial charge in [0.2, 0.25) is 0 Å². The smallest absolute Gasteiger partial charge is 0.305 e. The highest BCUT2D eigenvalue weighted by Gasteiger charge is 2.02. The van der Waals surface area contributed by atoms with Crippen molar-refractivity contribution >= 4 is 5.97 Å². The highest BCUT2D eigenvalue weighted by Crippen LogP contribution is 2.09. The summed E-state index contributed by atoms with van der Waals surface area (Å²) in [6, 6.07) is 0. The first-order valence-electron chi connectivity index (χ1n) is 7.93. The molecule has 0 aromatic heterocycles. The van der Waals surface area contributed by atoms with Crippen LogP contribution in [0.4, 0.5) is 0 Å². The van der Waals surface area contributed by atoms with Gasteiger partial charge < -0.3 is 4.74 Å². The number of esters is 1. The third-order valence-corrected chi connectivity index (χ3v) is 3.23. The van der Waals surface area contributed by atoms with E-state index in [1.165, 1.54) is 25.7 Å². The quantitative estimate of drug-likeness (QED) is 0.258. The zero-order valence-corrected chi connectivity index (χ0v) is 13.0. The van der Waals surface area contributed by atoms with Gasteiger partial charge in [-0.1, -0.05) is 45.6 Å². The molecule has 0 saturated heterocycles. The summed E-state index contributed by atoms with van der Waals surface area (Å²) in [5, 5.41) is 0. The van der Waals surface area contributed by atoms with Gasteiger partial charge in [0.15, 0.2) is 0 Å². The first-order valence-corrected chi connectivity index (χ1v) is 7.93. The van der Waals surface area contributed by atoms with Gasteiger partial charge in [0, 0.05) is 6.42 Å². The summed E-state index contributed by atoms with van der Waals surface area (Å²) >= 11 is 0. The number of hydrogen-bond acceptors (Lipinski definition) is 2. The number of allylic oxidation sites excluding steroid dienone is 1. The fraction of sp³-hybridized carbons (Fsp3) is 0.824. The molecule has 112 valence electrons. The van der Waals surface area contributed by atoms with Crippen LogP contribution in [-0.4, -0.2) is 12.6 Å². The lowest BCUT2D eigenvalue weighted by Crippen LogP contribution is -2.06. The Hall–Kier alpha value is -0.790. The number of carbonyl (C=O) groups is 1. The van der Waals surface area contributed by atoms with Crippen molar-refractivity contribution in [3.63, 3.8) is 0 Å². The van der Waals surface area contributed by atoms with Crippen LogP contribution in [0.2, 0.25) is 0 Å². The molecular formula is C17H32O2. The van der Waals surface area contributed by atoms with E-state index >= 15 is 0 Å². The lowest BCUT2D eigenvalue weighted by atomic mass is 10.1. The Morgan fingerprint density at radius 1 is 1.05 bits per heavy atom. The molecule has 0 aromatic rings. The molecule has 0 radical (unpaired) electrons. The largest absolute Gasteiger partial charge is 0.466 e. The van der Waals surface area contributed by atoms with Crippen LogP contribution in [0, 0.1) is 5.92 Å². The number of rotatable bonds is 13. The van der Waals surface area contributed by atoms with Crippen molar-refractivity contribution in [1.82, 2.24) is 0 Å². The Bertz CT molecular complexity index is 221. The van der Waals surface area contributed by atoms with Crippen LogP contribution in [0.25, 0.3) is 0 Å². The summed E-state index contributed by atoms with van der Waals surface area (Å²) in [6.07, 6.45) is 13.0. The van der Waals surface area contributed by atoms with Gasteiger partial charge in [0.1, 0.15) is 0 Å². The molecule has 0 aliphatic carbocycles. The predicted molar refractivity (Wildman–Crippen MR) is 82.2 cm³/mol. The third-order valence-electron chi connectivity index (χ3n) is 3.23. The Morgan fingerprint density at radius 2 is 1.68 bits per heavy atom. The maximum atomic E-state index is 11.4. The second kappa shape index (κ2) is 13.6. The second-order valence-corrected chi connectivity index (χ2v) is 5.71. The Balaban J connectivity index is 3.18. The first kappa shape index (κ1) is 18.2. The first-order chi connectivity index (χ1) is 9.16. The summed E-state index contributed by atoms with van der Waals surface area (Å²) in [5.74, 6) is 0.676. The molecule has 0 fully saturated rings. The lowest BCUT2D eigenvalue weighted by Gasteiger charge is -2.06. The minimum absolute atomic E-state index is 0.0181. The summed E-state index contributed by atoms with van der Waals surface area (Å²) in [5.41, 5.74) is 0. The van der Waals surface area contributed by atoms with Crippen LogP contribution in [0.15, 0.2) is 12.7 Å². The van der Waals surface area contributed by atoms with Crippen LogP contribution in [0.5, 0.6) is 0 Å². The normalized spacial score (nSPS) is 10.7. The predicted octanol–water partition coefficient (Wildman–Crippen LogP) is 5.27. The molecule has 0 aliphatic heterocycles. The number of carbonyl (C=O) groups excluding carboxylic acids is 1. The second-order valence-electron chi connectivity index (χ2n) is 5.71. The van der Waals surface area contributed by atoms with Gasteiger partial charge in [-0.2, -0.15) is 0 Å². The fourth-order valence-corrected chi connectivity index (χ4v) is 2.01. The zero-order valence-electron chi connectivity index (χ0n) is 13.0. The topological polar surface area (TPSA) is 26.3 Å². The van der Waals surface area contributed by atoms with Crippen LogP contribution in [0.1, 0.15) is 78.1 Å². The van der Waals surface area contributed by atoms with E-state index < -0.39 is 0 Å². The summed E-state index contributed by atoms with van der Waals surface area (Å²) in [7, 11) is 0. The summed E-state index contributed by atoms with van der Waals surface area (Å²) < 4.78 is 5.20. The molecule has 0 bridgehead atoms. The van der Waals surface area contributed by atoms with E-state index in [0.717, 1.165) is 32.1 Å². The minimum Gasteiger partial charge on any atom is -0.466 e. The van der Waals surface area contributed by atoms with Gasteiger partial charge in [-0.3, -0.25) is 4.79 Å². The minimum atomic E-state index is -0.0181. The molecule has 19 heavy (non-hydrogen) atoms. The van der Waals surface area contributed by atoms with Crippen molar-refractivity contribution in [3.05, 3.63) is 12.7 Å². The summed E-state index contributed by atoms with van der Waals surface area (Å²) in [4.78, 5) is 11.4. The molecule has 0 atom stereocenters. The third kappa shape index (κ3) is 15.2. The van der Waals surface area contributed by atoms with Crippen molar-refractivity contribution in [2.45, 2.75) is 78.1 Å². The van der Waals surface area contributed by atoms with Crippen LogP contribution in [0.3, 0.4) is 0 Å². The van der Waals surface area contributed by atoms with Gasteiger partial charge in [-0.25, -0.2) is 0 Å². The van der Waals surface area contributed by atoms with Crippen molar-refractivity contribution in [3.8, 4) is 0 Å². The van der Waals surface area contributed by atoms with E-state index in [0.29, 0.717) is 18.9 Å². The zero-order chi connectivity index (χ0) is 14.3. The van der Waals surface area contributed by atoms with Crippen molar-refractivity contribution in [2.75, 3.05) is 6.61 Å². The van der Waals surface area contributed by atoms with Gasteiger partial charge in [-0.05, 0) is 38.0 Å². The lowest BCUT2D eigenvalue weighted by molar-refractivity contribution is -0.143. The molecule has 0 rings (SSSR count). The maximum Gasteiger partial charge on any atom is 0.305 e. The SMILES string of the molecule is C=CCCCCCCCCC(=O)OCCCC(C)C. The highest BCUT2D eigenvalue weighted by atomic mass is 16.5. The molecule has 2 nitrogen and oxygen atoms in total. The highest BCUT2D eigenvalue weighted by molar-refractivity contribution is 5.69. The van der Waals surface area contributed by atoms with E-state index in [2.05, 4.69) is 20.4 Å². The number of ether oxygens (including phenoxy) is 1. The van der Waals surface area contributed by atoms with Crippen LogP contribution >= 0.6 is 0 Å². The van der Waals surface area contributed by atoms with E-state index in [-0.39, 0.29) is 5.97 Å². The molecule has 0 saturated carbocycles. The molecule has 0 aromatic carbocycles. The molecule has 2 heteroatoms. The molecule has 0 spiro atoms. The van der Waals surface area contributed by atoms with E-state index in [1.807, 2.05) is 6.08 Å². The Kier molecular flexibility index (Phi) is 13.1. The molecular weight excluding hydrogens is 236 g/mol. The van der Waals surface area contributed by atoms with Gasteiger partial charge in [-0.15, -0.1) is 6.58 Å². The summed E-state index contributed by atoms with van der Waals surface area (Å²) in [6.45, 7) is 8.69. The average Bonchev–Trinajstić information content (AvgIpc) is 2.37. The molecule has 0 heterocycles. The van der Waals surface area contributed by atoms with Crippen molar-refractivity contribution in [2.24, 2.45) is 5.92 Å². The maximum absolute atomic E-state index is 11.4. The monoisotopic (exact) mass is 268 g/mol. The molecule has 0 N–H and O–H groups in total. The van der Waals surface area contributed by atoms with Gasteiger partial charge in [0.05, 0.1) is 6.61 Å². The van der Waals surface area contributed by atoms with E-state index in [9.17, 15) is 4.79 Å². The molecule has 0 aliphatic rings. The van der Waals surface area contributed by atoms with Gasteiger partial charge >= 0.3 is 5.97 Å².